The summed E-state index contributed by atoms with van der Waals surface area (Å²) < 4.78 is 31.4. The van der Waals surface area contributed by atoms with Crippen LogP contribution in [-0.2, 0) is 14.8 Å². The van der Waals surface area contributed by atoms with Gasteiger partial charge in [-0.25, -0.2) is 13.1 Å². The van der Waals surface area contributed by atoms with Gasteiger partial charge in [0.15, 0.2) is 4.21 Å². The fraction of sp³-hybridized carbons (Fsp3) is 0.700. The minimum atomic E-state index is -3.61. The van der Waals surface area contributed by atoms with Crippen LogP contribution in [0.5, 0.6) is 0 Å². The number of aryl methyl sites for hydroxylation is 1. The largest absolute Gasteiger partial charge is 0.383 e. The topological polar surface area (TPSA) is 91.5 Å². The number of aromatic nitrogens is 1. The number of rotatable bonds is 8. The molecule has 1 heterocycles. The van der Waals surface area contributed by atoms with Crippen LogP contribution >= 0.6 is 11.3 Å². The fourth-order valence-electron chi connectivity index (χ4n) is 1.44. The summed E-state index contributed by atoms with van der Waals surface area (Å²) >= 11 is 0.699. The quantitative estimate of drug-likeness (QED) is 0.682. The smallest absolute Gasteiger partial charge is 0.305 e. The molecule has 7 nitrogen and oxygen atoms in total. The van der Waals surface area contributed by atoms with E-state index >= 15 is 0 Å². The highest BCUT2D eigenvalue weighted by Gasteiger charge is 2.19. The van der Waals surface area contributed by atoms with Gasteiger partial charge >= 0.3 is 4.87 Å². The molecule has 0 aliphatic carbocycles. The number of nitrogens with one attached hydrogen (secondary N) is 2. The third-order valence-corrected chi connectivity index (χ3v) is 5.55. The molecular weight excluding hydrogens is 290 g/mol. The van der Waals surface area contributed by atoms with E-state index in [0.717, 1.165) is 6.54 Å². The number of aromatic amines is 1. The third kappa shape index (κ3) is 5.03. The second kappa shape index (κ2) is 7.15. The summed E-state index contributed by atoms with van der Waals surface area (Å²) in [6.07, 6.45) is 0. The van der Waals surface area contributed by atoms with E-state index in [1.807, 2.05) is 11.9 Å². The summed E-state index contributed by atoms with van der Waals surface area (Å²) in [5.74, 6) is 0. The van der Waals surface area contributed by atoms with Crippen molar-refractivity contribution in [3.05, 3.63) is 15.4 Å². The summed E-state index contributed by atoms with van der Waals surface area (Å²) in [4.78, 5) is 15.2. The van der Waals surface area contributed by atoms with Gasteiger partial charge in [0.2, 0.25) is 0 Å². The minimum Gasteiger partial charge on any atom is -0.383 e. The molecule has 0 saturated carbocycles. The van der Waals surface area contributed by atoms with Crippen molar-refractivity contribution in [1.82, 2.24) is 14.6 Å². The van der Waals surface area contributed by atoms with Gasteiger partial charge in [-0.15, -0.1) is 0 Å². The molecule has 0 aliphatic rings. The zero-order valence-electron chi connectivity index (χ0n) is 11.2. The molecule has 1 rings (SSSR count). The predicted octanol–water partition coefficient (Wildman–Crippen LogP) is -0.399. The van der Waals surface area contributed by atoms with E-state index in [2.05, 4.69) is 9.71 Å². The van der Waals surface area contributed by atoms with Crippen molar-refractivity contribution in [3.8, 4) is 0 Å². The summed E-state index contributed by atoms with van der Waals surface area (Å²) in [5, 5.41) is 0. The van der Waals surface area contributed by atoms with E-state index in [4.69, 9.17) is 4.74 Å². The molecule has 2 N–H and O–H groups in total. The number of H-pyrrole nitrogens is 1. The zero-order valence-corrected chi connectivity index (χ0v) is 12.9. The highest BCUT2D eigenvalue weighted by molar-refractivity contribution is 7.91. The Kier molecular flexibility index (Phi) is 6.14. The van der Waals surface area contributed by atoms with E-state index in [-0.39, 0.29) is 15.6 Å². The molecule has 19 heavy (non-hydrogen) atoms. The van der Waals surface area contributed by atoms with Crippen molar-refractivity contribution in [2.75, 3.05) is 40.4 Å². The Bertz CT molecular complexity index is 549. The zero-order chi connectivity index (χ0) is 14.5. The summed E-state index contributed by atoms with van der Waals surface area (Å²) in [7, 11) is -0.107. The first kappa shape index (κ1) is 16.3. The van der Waals surface area contributed by atoms with Gasteiger partial charge < -0.3 is 14.6 Å². The number of hydrogen-bond donors (Lipinski definition) is 2. The van der Waals surface area contributed by atoms with Crippen LogP contribution in [0.1, 0.15) is 5.69 Å². The van der Waals surface area contributed by atoms with Crippen LogP contribution in [0.25, 0.3) is 0 Å². The molecule has 0 atom stereocenters. The average Bonchev–Trinajstić information content (AvgIpc) is 2.66. The first-order valence-electron chi connectivity index (χ1n) is 5.73. The summed E-state index contributed by atoms with van der Waals surface area (Å²) in [5.41, 5.74) is 0.371. The second-order valence-electron chi connectivity index (χ2n) is 4.12. The molecule has 0 aromatic carbocycles. The van der Waals surface area contributed by atoms with E-state index < -0.39 is 10.0 Å². The van der Waals surface area contributed by atoms with Crippen LogP contribution in [0.3, 0.4) is 0 Å². The monoisotopic (exact) mass is 309 g/mol. The van der Waals surface area contributed by atoms with Crippen LogP contribution < -0.4 is 9.60 Å². The van der Waals surface area contributed by atoms with Crippen LogP contribution in [0.4, 0.5) is 0 Å². The molecule has 0 amide bonds. The Hall–Kier alpha value is -0.740. The van der Waals surface area contributed by atoms with Gasteiger partial charge in [0, 0.05) is 32.4 Å². The molecule has 0 fully saturated rings. The molecule has 110 valence electrons. The molecule has 0 aliphatic heterocycles. The number of nitrogens with zero attached hydrogens (tertiary/aromatic N) is 1. The molecule has 0 spiro atoms. The lowest BCUT2D eigenvalue weighted by molar-refractivity contribution is 0.162. The standard InChI is InChI=1S/C10H19N3O4S2/c1-8-9(18-10(14)12-8)19(15,16)11-4-5-13(2)6-7-17-3/h11H,4-7H2,1-3H3,(H,12,14). The lowest BCUT2D eigenvalue weighted by atomic mass is 10.5. The Morgan fingerprint density at radius 1 is 1.42 bits per heavy atom. The number of likely N-dealkylation sites (N-methyl/N-ethyl adjacent to an activating group) is 1. The maximum absolute atomic E-state index is 12.0. The molecule has 1 aromatic heterocycles. The normalized spacial score (nSPS) is 12.2. The molecule has 0 unspecified atom stereocenters. The van der Waals surface area contributed by atoms with Crippen LogP contribution in [0.2, 0.25) is 0 Å². The Morgan fingerprint density at radius 3 is 2.63 bits per heavy atom. The van der Waals surface area contributed by atoms with Crippen LogP contribution in [0.15, 0.2) is 9.00 Å². The number of ether oxygens (including phenoxy) is 1. The van der Waals surface area contributed by atoms with Gasteiger partial charge in [-0.3, -0.25) is 4.79 Å². The summed E-state index contributed by atoms with van der Waals surface area (Å²) in [6.45, 7) is 3.75. The van der Waals surface area contributed by atoms with Gasteiger partial charge in [-0.1, -0.05) is 11.3 Å². The highest BCUT2D eigenvalue weighted by Crippen LogP contribution is 2.14. The number of thiazole rings is 1. The first-order valence-corrected chi connectivity index (χ1v) is 8.03. The molecule has 1 aromatic rings. The predicted molar refractivity (Wildman–Crippen MR) is 74.2 cm³/mol. The van der Waals surface area contributed by atoms with Crippen molar-refractivity contribution < 1.29 is 13.2 Å². The number of sulfonamides is 1. The van der Waals surface area contributed by atoms with Gasteiger partial charge in [-0.2, -0.15) is 0 Å². The van der Waals surface area contributed by atoms with Gasteiger partial charge in [-0.05, 0) is 14.0 Å². The van der Waals surface area contributed by atoms with Crippen molar-refractivity contribution in [3.63, 3.8) is 0 Å². The minimum absolute atomic E-state index is 0.0528. The van der Waals surface area contributed by atoms with E-state index in [0.29, 0.717) is 30.2 Å². The maximum Gasteiger partial charge on any atom is 0.305 e. The van der Waals surface area contributed by atoms with Gasteiger partial charge in [0.1, 0.15) is 0 Å². The molecule has 0 saturated heterocycles. The van der Waals surface area contributed by atoms with Crippen LogP contribution in [0, 0.1) is 6.92 Å². The van der Waals surface area contributed by atoms with Gasteiger partial charge in [0.25, 0.3) is 10.0 Å². The van der Waals surface area contributed by atoms with Gasteiger partial charge in [0.05, 0.1) is 6.61 Å². The number of hydrogen-bond acceptors (Lipinski definition) is 6. The van der Waals surface area contributed by atoms with Crippen molar-refractivity contribution in [2.24, 2.45) is 0 Å². The third-order valence-electron chi connectivity index (χ3n) is 2.49. The SMILES string of the molecule is COCCN(C)CCNS(=O)(=O)c1sc(=O)[nH]c1C. The first-order chi connectivity index (χ1) is 8.86. The van der Waals surface area contributed by atoms with E-state index in [9.17, 15) is 13.2 Å². The van der Waals surface area contributed by atoms with E-state index in [1.54, 1.807) is 14.0 Å². The Labute approximate surface area is 116 Å². The molecule has 0 bridgehead atoms. The number of methoxy groups -OCH3 is 1. The Morgan fingerprint density at radius 2 is 2.11 bits per heavy atom. The molecule has 9 heteroatoms. The van der Waals surface area contributed by atoms with E-state index in [1.165, 1.54) is 0 Å². The molecule has 0 radical (unpaired) electrons. The lowest BCUT2D eigenvalue weighted by Gasteiger charge is -2.15. The second-order valence-corrected chi connectivity index (χ2v) is 7.07. The highest BCUT2D eigenvalue weighted by atomic mass is 32.2. The maximum atomic E-state index is 12.0. The van der Waals surface area contributed by atoms with Crippen molar-refractivity contribution in [1.29, 1.82) is 0 Å². The van der Waals surface area contributed by atoms with Crippen molar-refractivity contribution in [2.45, 2.75) is 11.1 Å². The average molecular weight is 309 g/mol. The Balaban J connectivity index is 2.52. The van der Waals surface area contributed by atoms with Crippen molar-refractivity contribution >= 4 is 21.4 Å². The lowest BCUT2D eigenvalue weighted by Crippen LogP contribution is -2.34. The molecular formula is C10H19N3O4S2. The van der Waals surface area contributed by atoms with Crippen LogP contribution in [-0.4, -0.2) is 58.7 Å². The summed E-state index contributed by atoms with van der Waals surface area (Å²) in [6, 6.07) is 0. The fourth-order valence-corrected chi connectivity index (χ4v) is 3.81.